The summed E-state index contributed by atoms with van der Waals surface area (Å²) in [7, 11) is 0. The molecule has 0 nitrogen and oxygen atoms in total. The molecular formula is C66H40. The molecule has 13 aromatic carbocycles. The lowest BCUT2D eigenvalue weighted by Gasteiger charge is -2.32. The van der Waals surface area contributed by atoms with Gasteiger partial charge in [0.2, 0.25) is 0 Å². The van der Waals surface area contributed by atoms with Crippen LogP contribution in [0.3, 0.4) is 0 Å². The van der Waals surface area contributed by atoms with Gasteiger partial charge in [0, 0.05) is 5.92 Å². The van der Waals surface area contributed by atoms with E-state index in [1.165, 1.54) is 147 Å². The summed E-state index contributed by atoms with van der Waals surface area (Å²) in [5.41, 5.74) is 11.9. The third-order valence-electron chi connectivity index (χ3n) is 15.3. The van der Waals surface area contributed by atoms with E-state index >= 15 is 0 Å². The topological polar surface area (TPSA) is 0 Å². The fourth-order valence-electron chi connectivity index (χ4n) is 12.6. The summed E-state index contributed by atoms with van der Waals surface area (Å²) < 4.78 is 0. The van der Waals surface area contributed by atoms with Crippen LogP contribution in [0, 0.1) is 5.92 Å². The molecule has 0 N–H and O–H groups in total. The van der Waals surface area contributed by atoms with E-state index in [2.05, 4.69) is 224 Å². The standard InChI is InChI=1S/C66H40/c1-5-22-51-47(18-1)61(48-19-2-6-23-52(48)65(51)57-36-32-43-28-26-39-12-9-14-41-30-34-55(57)63(43)59(39)41)45-16-11-17-46(38-45)62-49-20-3-7-24-53(49)66(54-25-8-4-21-50(54)62)58-37-33-44-29-27-40-13-10-15-42-31-35-56(58)64(44)60(40)42/h1-20,22-38,50H,21H2. The van der Waals surface area contributed by atoms with Gasteiger partial charge >= 0.3 is 0 Å². The largest absolute Gasteiger partial charge is 0.0836 e. The van der Waals surface area contributed by atoms with Gasteiger partial charge in [-0.05, 0) is 159 Å². The van der Waals surface area contributed by atoms with E-state index in [9.17, 15) is 0 Å². The molecule has 0 heterocycles. The van der Waals surface area contributed by atoms with E-state index in [-0.39, 0.29) is 5.92 Å². The maximum atomic E-state index is 2.49. The second-order valence-electron chi connectivity index (χ2n) is 18.5. The van der Waals surface area contributed by atoms with Gasteiger partial charge in [-0.1, -0.05) is 218 Å². The van der Waals surface area contributed by atoms with Crippen LogP contribution in [-0.2, 0) is 0 Å². The molecule has 66 heavy (non-hydrogen) atoms. The van der Waals surface area contributed by atoms with Crippen molar-refractivity contribution in [3.63, 3.8) is 0 Å². The molecule has 0 aliphatic heterocycles. The molecule has 2 aliphatic rings. The Balaban J connectivity index is 0.980. The summed E-state index contributed by atoms with van der Waals surface area (Å²) in [4.78, 5) is 0. The molecule has 0 aromatic heterocycles. The van der Waals surface area contributed by atoms with Gasteiger partial charge in [-0.2, -0.15) is 0 Å². The zero-order valence-corrected chi connectivity index (χ0v) is 36.1. The highest BCUT2D eigenvalue weighted by atomic mass is 14.3. The molecule has 0 spiro atoms. The Hall–Kier alpha value is -8.32. The number of fused-ring (bicyclic) bond motifs is 4. The van der Waals surface area contributed by atoms with Crippen LogP contribution < -0.4 is 10.4 Å². The van der Waals surface area contributed by atoms with Gasteiger partial charge in [0.05, 0.1) is 0 Å². The highest BCUT2D eigenvalue weighted by molar-refractivity contribution is 6.30. The molecule has 0 amide bonds. The third-order valence-corrected chi connectivity index (χ3v) is 15.3. The minimum absolute atomic E-state index is 0.207. The average molecular weight is 833 g/mol. The van der Waals surface area contributed by atoms with Crippen molar-refractivity contribution in [1.82, 2.24) is 0 Å². The Morgan fingerprint density at radius 1 is 0.333 bits per heavy atom. The highest BCUT2D eigenvalue weighted by Gasteiger charge is 2.31. The fourth-order valence-corrected chi connectivity index (χ4v) is 12.6. The maximum absolute atomic E-state index is 2.49. The quantitative estimate of drug-likeness (QED) is 0.122. The number of benzene rings is 13. The molecule has 1 unspecified atom stereocenters. The zero-order chi connectivity index (χ0) is 43.0. The summed E-state index contributed by atoms with van der Waals surface area (Å²) in [5.74, 6) is 0.207. The van der Waals surface area contributed by atoms with E-state index in [4.69, 9.17) is 0 Å². The molecule has 304 valence electrons. The molecule has 15 rings (SSSR count). The molecule has 0 saturated heterocycles. The number of hydrogen-bond acceptors (Lipinski definition) is 0. The summed E-state index contributed by atoms with van der Waals surface area (Å²) in [6.07, 6.45) is 8.01. The van der Waals surface area contributed by atoms with Gasteiger partial charge < -0.3 is 0 Å². The lowest BCUT2D eigenvalue weighted by Crippen LogP contribution is -2.37. The molecule has 1 atom stereocenters. The first-order valence-corrected chi connectivity index (χ1v) is 23.4. The minimum Gasteiger partial charge on any atom is -0.0836 e. The first kappa shape index (κ1) is 36.1. The molecule has 0 fully saturated rings. The Morgan fingerprint density at radius 3 is 1.42 bits per heavy atom. The summed E-state index contributed by atoms with van der Waals surface area (Å²) in [5, 5.41) is 23.5. The van der Waals surface area contributed by atoms with Gasteiger partial charge in [0.15, 0.2) is 0 Å². The second-order valence-corrected chi connectivity index (χ2v) is 18.5. The van der Waals surface area contributed by atoms with Gasteiger partial charge in [-0.25, -0.2) is 0 Å². The normalized spacial score (nSPS) is 15.0. The summed E-state index contributed by atoms with van der Waals surface area (Å²) in [6.45, 7) is 0. The molecule has 0 saturated carbocycles. The highest BCUT2D eigenvalue weighted by Crippen LogP contribution is 2.49. The van der Waals surface area contributed by atoms with Crippen molar-refractivity contribution in [3.05, 3.63) is 252 Å². The van der Waals surface area contributed by atoms with Crippen LogP contribution in [0.25, 0.3) is 120 Å². The van der Waals surface area contributed by atoms with Crippen LogP contribution >= 0.6 is 0 Å². The van der Waals surface area contributed by atoms with Gasteiger partial charge in [0.1, 0.15) is 0 Å². The van der Waals surface area contributed by atoms with Crippen molar-refractivity contribution >= 4 is 97.3 Å². The molecule has 0 bridgehead atoms. The van der Waals surface area contributed by atoms with Crippen LogP contribution in [0.15, 0.2) is 230 Å². The predicted octanol–water partition coefficient (Wildman–Crippen LogP) is 16.0. The van der Waals surface area contributed by atoms with Crippen LogP contribution in [0.1, 0.15) is 17.5 Å². The van der Waals surface area contributed by atoms with E-state index in [0.717, 1.165) is 6.42 Å². The van der Waals surface area contributed by atoms with Crippen molar-refractivity contribution in [2.75, 3.05) is 0 Å². The lowest BCUT2D eigenvalue weighted by atomic mass is 9.71. The Labute approximate surface area is 381 Å². The van der Waals surface area contributed by atoms with E-state index in [1.807, 2.05) is 0 Å². The molecule has 0 heteroatoms. The Kier molecular flexibility index (Phi) is 7.43. The smallest absolute Gasteiger partial charge is 0.0142 e. The molecule has 0 radical (unpaired) electrons. The monoisotopic (exact) mass is 832 g/mol. The summed E-state index contributed by atoms with van der Waals surface area (Å²) in [6, 6.07) is 78.2. The van der Waals surface area contributed by atoms with Crippen molar-refractivity contribution < 1.29 is 0 Å². The number of rotatable bonds is 4. The van der Waals surface area contributed by atoms with E-state index in [1.54, 1.807) is 0 Å². The fraction of sp³-hybridized carbons (Fsp3) is 0.0303. The first-order valence-electron chi connectivity index (χ1n) is 23.4. The number of hydrogen-bond donors (Lipinski definition) is 0. The lowest BCUT2D eigenvalue weighted by molar-refractivity contribution is 0.798. The van der Waals surface area contributed by atoms with Crippen molar-refractivity contribution in [2.45, 2.75) is 6.42 Å². The van der Waals surface area contributed by atoms with Crippen LogP contribution in [0.5, 0.6) is 0 Å². The van der Waals surface area contributed by atoms with Crippen molar-refractivity contribution in [3.8, 4) is 22.3 Å². The molecular weight excluding hydrogens is 793 g/mol. The van der Waals surface area contributed by atoms with Crippen LogP contribution in [0.2, 0.25) is 0 Å². The minimum atomic E-state index is 0.207. The van der Waals surface area contributed by atoms with Crippen molar-refractivity contribution in [2.24, 2.45) is 5.92 Å². The van der Waals surface area contributed by atoms with E-state index in [0.29, 0.717) is 0 Å². The van der Waals surface area contributed by atoms with Crippen LogP contribution in [-0.4, -0.2) is 0 Å². The first-order chi connectivity index (χ1) is 32.8. The second kappa shape index (κ2) is 13.6. The Morgan fingerprint density at radius 2 is 0.803 bits per heavy atom. The maximum Gasteiger partial charge on any atom is 0.0142 e. The molecule has 13 aromatic rings. The van der Waals surface area contributed by atoms with Crippen LogP contribution in [0.4, 0.5) is 0 Å². The van der Waals surface area contributed by atoms with Gasteiger partial charge in [-0.3, -0.25) is 0 Å². The van der Waals surface area contributed by atoms with Crippen molar-refractivity contribution in [1.29, 1.82) is 0 Å². The Bertz CT molecular complexity index is 4330. The van der Waals surface area contributed by atoms with Gasteiger partial charge in [-0.15, -0.1) is 0 Å². The summed E-state index contributed by atoms with van der Waals surface area (Å²) >= 11 is 0. The molecule has 2 aliphatic carbocycles. The third kappa shape index (κ3) is 4.93. The van der Waals surface area contributed by atoms with E-state index < -0.39 is 0 Å². The SMILES string of the molecule is C1=CCC2C(=C1)C(c1ccc3ccc4cccc5ccc1c3c45)=c1ccccc1=C2c1cccc(-c2c3ccccc3c(-c3ccc4ccc5cccc6ccc3c4c56)c3ccccc23)c1. The zero-order valence-electron chi connectivity index (χ0n) is 36.1. The number of allylic oxidation sites excluding steroid dienone is 4. The average Bonchev–Trinajstić information content (AvgIpc) is 3.38. The van der Waals surface area contributed by atoms with Gasteiger partial charge in [0.25, 0.3) is 0 Å². The predicted molar refractivity (Wildman–Crippen MR) is 282 cm³/mol.